The van der Waals surface area contributed by atoms with Crippen molar-refractivity contribution in [1.82, 2.24) is 9.21 Å². The summed E-state index contributed by atoms with van der Waals surface area (Å²) in [5, 5.41) is 0.688. The molecule has 3 aromatic rings. The van der Waals surface area contributed by atoms with Gasteiger partial charge in [-0.1, -0.05) is 0 Å². The average molecular weight is 402 g/mol. The Balaban J connectivity index is 1.74. The number of rotatable bonds is 6. The third-order valence-corrected chi connectivity index (χ3v) is 6.02. The van der Waals surface area contributed by atoms with Gasteiger partial charge >= 0.3 is 0 Å². The zero-order valence-corrected chi connectivity index (χ0v) is 17.0. The van der Waals surface area contributed by atoms with Crippen molar-refractivity contribution < 1.29 is 22.4 Å². The minimum Gasteiger partial charge on any atom is -0.486 e. The van der Waals surface area contributed by atoms with E-state index in [1.165, 1.54) is 29.4 Å². The molecule has 7 nitrogen and oxygen atoms in total. The summed E-state index contributed by atoms with van der Waals surface area (Å²) >= 11 is 0. The first-order chi connectivity index (χ1) is 13.2. The molecule has 28 heavy (non-hydrogen) atoms. The summed E-state index contributed by atoms with van der Waals surface area (Å²) in [5.41, 5.74) is 1.17. The van der Waals surface area contributed by atoms with Crippen LogP contribution in [-0.4, -0.2) is 51.7 Å². The van der Waals surface area contributed by atoms with Crippen molar-refractivity contribution in [3.05, 3.63) is 59.9 Å². The number of carbonyl (C=O) groups excluding carboxylic acids is 1. The highest BCUT2D eigenvalue weighted by Gasteiger charge is 2.18. The van der Waals surface area contributed by atoms with Crippen LogP contribution in [0.5, 0.6) is 5.75 Å². The molecule has 0 aliphatic rings. The van der Waals surface area contributed by atoms with Crippen LogP contribution in [-0.2, 0) is 16.6 Å². The fourth-order valence-corrected chi connectivity index (χ4v) is 3.56. The van der Waals surface area contributed by atoms with Gasteiger partial charge in [0.15, 0.2) is 0 Å². The maximum atomic E-state index is 12.3. The van der Waals surface area contributed by atoms with Crippen LogP contribution in [0, 0.1) is 0 Å². The van der Waals surface area contributed by atoms with Crippen molar-refractivity contribution in [2.75, 3.05) is 28.2 Å². The van der Waals surface area contributed by atoms with Gasteiger partial charge in [-0.25, -0.2) is 12.7 Å². The van der Waals surface area contributed by atoms with E-state index in [0.29, 0.717) is 28.0 Å². The van der Waals surface area contributed by atoms with Gasteiger partial charge in [-0.05, 0) is 48.5 Å². The fourth-order valence-electron chi connectivity index (χ4n) is 2.63. The molecule has 0 atom stereocenters. The van der Waals surface area contributed by atoms with E-state index in [-0.39, 0.29) is 17.4 Å². The molecule has 0 saturated carbocycles. The van der Waals surface area contributed by atoms with Gasteiger partial charge in [0.2, 0.25) is 10.0 Å². The van der Waals surface area contributed by atoms with Crippen molar-refractivity contribution >= 4 is 26.9 Å². The molecule has 8 heteroatoms. The summed E-state index contributed by atoms with van der Waals surface area (Å²) < 4.78 is 37.1. The summed E-state index contributed by atoms with van der Waals surface area (Å²) in [6, 6.07) is 13.3. The number of nitrogens with zero attached hydrogens (tertiary/aromatic N) is 2. The lowest BCUT2D eigenvalue weighted by molar-refractivity contribution is 0.0827. The van der Waals surface area contributed by atoms with Crippen LogP contribution < -0.4 is 4.74 Å². The number of ether oxygens (including phenoxy) is 1. The first-order valence-electron chi connectivity index (χ1n) is 8.58. The third kappa shape index (κ3) is 4.02. The molecule has 3 rings (SSSR count). The SMILES string of the molecule is CN(C)C(=O)c1ccc(OCc2cc3cc(S(=O)(=O)N(C)C)ccc3o2)cc1. The molecule has 0 N–H and O–H groups in total. The highest BCUT2D eigenvalue weighted by molar-refractivity contribution is 7.89. The molecule has 1 heterocycles. The molecule has 0 aliphatic carbocycles. The van der Waals surface area contributed by atoms with Crippen LogP contribution in [0.1, 0.15) is 16.1 Å². The molecule has 1 amide bonds. The molecule has 0 aliphatic heterocycles. The van der Waals surface area contributed by atoms with Gasteiger partial charge in [0.05, 0.1) is 4.90 Å². The second-order valence-corrected chi connectivity index (χ2v) is 8.86. The highest BCUT2D eigenvalue weighted by Crippen LogP contribution is 2.25. The number of hydrogen-bond acceptors (Lipinski definition) is 5. The number of amides is 1. The fraction of sp³-hybridized carbons (Fsp3) is 0.250. The van der Waals surface area contributed by atoms with Gasteiger partial charge in [0.1, 0.15) is 23.7 Å². The Morgan fingerprint density at radius 1 is 1.00 bits per heavy atom. The quantitative estimate of drug-likeness (QED) is 0.633. The molecule has 2 aromatic carbocycles. The Kier molecular flexibility index (Phi) is 5.44. The average Bonchev–Trinajstić information content (AvgIpc) is 3.08. The largest absolute Gasteiger partial charge is 0.486 e. The van der Waals surface area contributed by atoms with Gasteiger partial charge in [0.25, 0.3) is 5.91 Å². The van der Waals surface area contributed by atoms with E-state index >= 15 is 0 Å². The van der Waals surface area contributed by atoms with Crippen molar-refractivity contribution in [3.8, 4) is 5.75 Å². The topological polar surface area (TPSA) is 80.1 Å². The number of benzene rings is 2. The Hall–Kier alpha value is -2.84. The van der Waals surface area contributed by atoms with Crippen molar-refractivity contribution in [2.24, 2.45) is 0 Å². The van der Waals surface area contributed by atoms with Gasteiger partial charge in [-0.3, -0.25) is 4.79 Å². The zero-order valence-electron chi connectivity index (χ0n) is 16.2. The second kappa shape index (κ2) is 7.65. The number of hydrogen-bond donors (Lipinski definition) is 0. The molecule has 0 spiro atoms. The van der Waals surface area contributed by atoms with E-state index in [0.717, 1.165) is 0 Å². The van der Waals surface area contributed by atoms with Gasteiger partial charge in [-0.2, -0.15) is 0 Å². The molecule has 1 aromatic heterocycles. The number of sulfonamides is 1. The summed E-state index contributed by atoms with van der Waals surface area (Å²) in [4.78, 5) is 13.6. The van der Waals surface area contributed by atoms with Crippen molar-refractivity contribution in [3.63, 3.8) is 0 Å². The maximum absolute atomic E-state index is 12.3. The predicted molar refractivity (Wildman–Crippen MR) is 106 cm³/mol. The lowest BCUT2D eigenvalue weighted by Crippen LogP contribution is -2.22. The number of carbonyl (C=O) groups is 1. The lowest BCUT2D eigenvalue weighted by atomic mass is 10.2. The standard InChI is InChI=1S/C20H22N2O5S/c1-21(2)20(23)14-5-7-16(8-6-14)26-13-17-11-15-12-18(9-10-19(15)27-17)28(24,25)22(3)4/h5-12H,13H2,1-4H3. The Morgan fingerprint density at radius 2 is 1.68 bits per heavy atom. The van der Waals surface area contributed by atoms with Crippen LogP contribution in [0.2, 0.25) is 0 Å². The number of furan rings is 1. The monoisotopic (exact) mass is 402 g/mol. The summed E-state index contributed by atoms with van der Waals surface area (Å²) in [6.07, 6.45) is 0. The summed E-state index contributed by atoms with van der Waals surface area (Å²) in [6.45, 7) is 0.186. The first-order valence-corrected chi connectivity index (χ1v) is 10.0. The molecular weight excluding hydrogens is 380 g/mol. The number of fused-ring (bicyclic) bond motifs is 1. The van der Waals surface area contributed by atoms with E-state index in [1.807, 2.05) is 0 Å². The van der Waals surface area contributed by atoms with Gasteiger partial charge < -0.3 is 14.1 Å². The summed E-state index contributed by atoms with van der Waals surface area (Å²) in [5.74, 6) is 1.10. The van der Waals surface area contributed by atoms with E-state index in [1.54, 1.807) is 56.6 Å². The van der Waals surface area contributed by atoms with E-state index < -0.39 is 10.0 Å². The minimum absolute atomic E-state index is 0.0766. The zero-order chi connectivity index (χ0) is 20.5. The van der Waals surface area contributed by atoms with Gasteiger partial charge in [0, 0.05) is 39.1 Å². The molecule has 0 radical (unpaired) electrons. The normalized spacial score (nSPS) is 11.8. The second-order valence-electron chi connectivity index (χ2n) is 6.71. The molecule has 0 bridgehead atoms. The van der Waals surface area contributed by atoms with Crippen molar-refractivity contribution in [1.29, 1.82) is 0 Å². The third-order valence-electron chi connectivity index (χ3n) is 4.21. The molecule has 148 valence electrons. The summed E-state index contributed by atoms with van der Waals surface area (Å²) in [7, 11) is 2.88. The lowest BCUT2D eigenvalue weighted by Gasteiger charge is -2.10. The van der Waals surface area contributed by atoms with Crippen LogP contribution in [0.25, 0.3) is 11.0 Å². The molecular formula is C20H22N2O5S. The van der Waals surface area contributed by atoms with Crippen LogP contribution in [0.15, 0.2) is 57.8 Å². The maximum Gasteiger partial charge on any atom is 0.253 e. The Labute approximate surface area is 164 Å². The van der Waals surface area contributed by atoms with Crippen LogP contribution in [0.4, 0.5) is 0 Å². The smallest absolute Gasteiger partial charge is 0.253 e. The molecule has 0 unspecified atom stereocenters. The van der Waals surface area contributed by atoms with E-state index in [9.17, 15) is 13.2 Å². The molecule has 0 saturated heterocycles. The Bertz CT molecular complexity index is 1100. The Morgan fingerprint density at radius 3 is 2.29 bits per heavy atom. The van der Waals surface area contributed by atoms with Crippen LogP contribution in [0.3, 0.4) is 0 Å². The van der Waals surface area contributed by atoms with Crippen molar-refractivity contribution in [2.45, 2.75) is 11.5 Å². The van der Waals surface area contributed by atoms with E-state index in [4.69, 9.17) is 9.15 Å². The minimum atomic E-state index is -3.50. The molecule has 0 fully saturated rings. The predicted octanol–water partition coefficient (Wildman–Crippen LogP) is 2.96. The van der Waals surface area contributed by atoms with Crippen LogP contribution >= 0.6 is 0 Å². The van der Waals surface area contributed by atoms with Gasteiger partial charge in [-0.15, -0.1) is 0 Å². The highest BCUT2D eigenvalue weighted by atomic mass is 32.2. The van der Waals surface area contributed by atoms with E-state index in [2.05, 4.69) is 0 Å². The first kappa shape index (κ1) is 19.9.